The maximum atomic E-state index is 12.6. The van der Waals surface area contributed by atoms with Crippen LogP contribution in [0.4, 0.5) is 5.82 Å². The van der Waals surface area contributed by atoms with E-state index in [0.29, 0.717) is 5.01 Å². The molecule has 6 rings (SSSR count). The molecule has 21 nitrogen and oxygen atoms in total. The van der Waals surface area contributed by atoms with Crippen molar-refractivity contribution in [3.63, 3.8) is 0 Å². The van der Waals surface area contributed by atoms with Gasteiger partial charge in [-0.05, 0) is 19.9 Å². The van der Waals surface area contributed by atoms with Gasteiger partial charge in [0.2, 0.25) is 0 Å². The van der Waals surface area contributed by atoms with Crippen molar-refractivity contribution < 1.29 is 125 Å². The normalized spacial score (nSPS) is 30.9. The van der Waals surface area contributed by atoms with E-state index in [9.17, 15) is 33.9 Å². The molecule has 0 saturated carbocycles. The monoisotopic (exact) mass is 779 g/mol. The van der Waals surface area contributed by atoms with Gasteiger partial charge in [0.15, 0.2) is 29.3 Å². The molecule has 0 spiro atoms. The molecule has 3 aromatic rings. The van der Waals surface area contributed by atoms with Gasteiger partial charge < -0.3 is 59.5 Å². The Kier molecular flexibility index (Phi) is 13.3. The van der Waals surface area contributed by atoms with Crippen LogP contribution in [0.15, 0.2) is 18.3 Å². The molecule has 262 valence electrons. The number of nitrogen functional groups attached to an aromatic ring is 1. The third-order valence-corrected chi connectivity index (χ3v) is 10.9. The van der Waals surface area contributed by atoms with Crippen molar-refractivity contribution >= 4 is 55.9 Å². The van der Waals surface area contributed by atoms with Crippen LogP contribution in [0.5, 0.6) is 0 Å². The minimum atomic E-state index is -5.66. The van der Waals surface area contributed by atoms with E-state index in [1.807, 2.05) is 0 Å². The second kappa shape index (κ2) is 15.9. The Bertz CT molecular complexity index is 1840. The Morgan fingerprint density at radius 2 is 1.72 bits per heavy atom. The fraction of sp³-hybridized carbons (Fsp3) is 0.542. The van der Waals surface area contributed by atoms with Gasteiger partial charge in [-0.2, -0.15) is 0 Å². The quantitative estimate of drug-likeness (QED) is 0.0980. The third-order valence-electron chi connectivity index (χ3n) is 7.42. The summed E-state index contributed by atoms with van der Waals surface area (Å²) in [6.45, 7) is 5.09. The predicted molar refractivity (Wildman–Crippen MR) is 156 cm³/mol. The maximum Gasteiger partial charge on any atom is 1.00 e. The number of aromatic nitrogens is 5. The van der Waals surface area contributed by atoms with Crippen LogP contribution >= 0.6 is 27.0 Å². The molecule has 0 bridgehead atoms. The van der Waals surface area contributed by atoms with Crippen molar-refractivity contribution in [3.8, 4) is 0 Å². The topological polar surface area (TPSA) is 311 Å². The Hall–Kier alpha value is -0.790. The summed E-state index contributed by atoms with van der Waals surface area (Å²) >= 11 is 1.06. The number of hydrogen-bond acceptors (Lipinski definition) is 20. The third kappa shape index (κ3) is 8.77. The van der Waals surface area contributed by atoms with Gasteiger partial charge in [-0.15, -0.1) is 11.3 Å². The number of carbonyl (C=O) groups is 1. The number of ether oxygens (including phenoxy) is 4. The predicted octanol–water partition coefficient (Wildman–Crippen LogP) is -7.12. The first-order valence-electron chi connectivity index (χ1n) is 14.0. The molecular weight excluding hydrogens is 750 g/mol. The molecule has 6 heterocycles. The number of aliphatic hydroxyl groups is 2. The van der Waals surface area contributed by atoms with Crippen LogP contribution in [0.25, 0.3) is 17.2 Å². The second-order valence-electron chi connectivity index (χ2n) is 11.2. The Balaban J connectivity index is 0.00000281. The molecule has 3 aromatic heterocycles. The summed E-state index contributed by atoms with van der Waals surface area (Å²) in [6.07, 6.45) is -7.25. The molecule has 2 unspecified atom stereocenters. The van der Waals surface area contributed by atoms with Gasteiger partial charge >= 0.3 is 59.1 Å². The van der Waals surface area contributed by atoms with Crippen molar-refractivity contribution in [2.24, 2.45) is 5.73 Å². The van der Waals surface area contributed by atoms with E-state index in [1.165, 1.54) is 22.4 Å². The van der Waals surface area contributed by atoms with Gasteiger partial charge in [0, 0.05) is 5.38 Å². The summed E-state index contributed by atoms with van der Waals surface area (Å²) in [4.78, 5) is 53.0. The van der Waals surface area contributed by atoms with Crippen molar-refractivity contribution in [2.45, 2.75) is 68.6 Å². The summed E-state index contributed by atoms with van der Waals surface area (Å²) in [5.74, 6) is -1.70. The molecular formula is C24H29N7Na2O14P2S. The molecule has 3 saturated heterocycles. The molecule has 0 aromatic carbocycles. The standard InChI is InChI=1S/C24H31N7O14P2S.2Na/c1-4-12-29-19(25)13-21(30-12)31(8-27-13)23-15(33)14(32)10(42-23)5-39-46(35,36)45-47(37,38)40-6-11-16-17(44-24(2,3)43-16)18(41-11)22-28-9(7-48-22)20(26)34;;/h4,7-8,10-11,14-18,23,32-33H,1,5-6H2,2-3H3,(H2,26,34)(H,35,36)(H,37,38)(H2,25,29,30);;/q;2*+1/p-2/t10-,11-,14-,15-,16-,17-,18-,23-;;/m1../s1. The number of aliphatic hydroxyl groups excluding tert-OH is 2. The van der Waals surface area contributed by atoms with Crippen LogP contribution in [0.2, 0.25) is 0 Å². The molecule has 0 aliphatic carbocycles. The summed E-state index contributed by atoms with van der Waals surface area (Å²) in [7, 11) is -11.3. The zero-order valence-corrected chi connectivity index (χ0v) is 33.6. The average molecular weight is 780 g/mol. The van der Waals surface area contributed by atoms with Crippen molar-refractivity contribution in [3.05, 3.63) is 34.8 Å². The Labute approximate surface area is 331 Å². The van der Waals surface area contributed by atoms with E-state index in [-0.39, 0.29) is 87.6 Å². The Morgan fingerprint density at radius 1 is 1.08 bits per heavy atom. The SMILES string of the molecule is C=Cc1nc(N)c2ncn([C@@H]3O[C@H](COP(=O)([O-])OP(=O)([O-])OC[C@H]4O[C@@H](c5nc(C(N)=O)cs5)[C@@H]5OC(C)(C)O[C@@H]54)[C@@H](O)[C@H]3O)c2n1.[Na+].[Na+]. The fourth-order valence-corrected chi connectivity index (χ4v) is 8.27. The van der Waals surface area contributed by atoms with Crippen LogP contribution in [-0.4, -0.2) is 96.2 Å². The van der Waals surface area contributed by atoms with Gasteiger partial charge in [0.25, 0.3) is 21.6 Å². The van der Waals surface area contributed by atoms with E-state index in [0.717, 1.165) is 11.3 Å². The first kappa shape index (κ1) is 42.0. The molecule has 26 heteroatoms. The second-order valence-corrected chi connectivity index (χ2v) is 15.1. The number of rotatable bonds is 12. The number of phosphoric ester groups is 2. The maximum absolute atomic E-state index is 12.6. The summed E-state index contributed by atoms with van der Waals surface area (Å²) in [5, 5.41) is 22.9. The van der Waals surface area contributed by atoms with Crippen LogP contribution < -0.4 is 80.4 Å². The molecule has 3 aliphatic rings. The fourth-order valence-electron chi connectivity index (χ4n) is 5.38. The summed E-state index contributed by atoms with van der Waals surface area (Å²) in [5.41, 5.74) is 11.5. The van der Waals surface area contributed by atoms with Gasteiger partial charge in [0.1, 0.15) is 58.9 Å². The number of nitrogens with zero attached hydrogens (tertiary/aromatic N) is 5. The number of phosphoric acid groups is 2. The number of thiazole rings is 1. The molecule has 10 atom stereocenters. The first-order chi connectivity index (χ1) is 22.5. The molecule has 3 fully saturated rings. The summed E-state index contributed by atoms with van der Waals surface area (Å²) < 4.78 is 63.2. The van der Waals surface area contributed by atoms with E-state index in [1.54, 1.807) is 13.8 Å². The molecule has 1 amide bonds. The van der Waals surface area contributed by atoms with Crippen LogP contribution in [0.1, 0.15) is 47.5 Å². The first-order valence-corrected chi connectivity index (χ1v) is 17.8. The van der Waals surface area contributed by atoms with Gasteiger partial charge in [-0.1, -0.05) is 6.58 Å². The number of nitrogens with two attached hydrogens (primary N) is 2. The minimum absolute atomic E-state index is 0. The number of fused-ring (bicyclic) bond motifs is 2. The average Bonchev–Trinajstić information content (AvgIpc) is 3.81. The van der Waals surface area contributed by atoms with Crippen molar-refractivity contribution in [1.29, 1.82) is 0 Å². The minimum Gasteiger partial charge on any atom is -0.756 e. The van der Waals surface area contributed by atoms with Gasteiger partial charge in [-0.3, -0.25) is 18.5 Å². The van der Waals surface area contributed by atoms with Crippen LogP contribution in [-0.2, 0) is 41.4 Å². The molecule has 3 aliphatic heterocycles. The van der Waals surface area contributed by atoms with E-state index >= 15 is 0 Å². The van der Waals surface area contributed by atoms with E-state index < -0.39 is 89.5 Å². The Morgan fingerprint density at radius 3 is 2.34 bits per heavy atom. The van der Waals surface area contributed by atoms with Crippen LogP contribution in [0, 0.1) is 0 Å². The molecule has 0 radical (unpaired) electrons. The molecule has 50 heavy (non-hydrogen) atoms. The zero-order valence-electron chi connectivity index (χ0n) is 27.0. The number of carbonyl (C=O) groups excluding carboxylic acids is 1. The number of amides is 1. The smallest absolute Gasteiger partial charge is 0.756 e. The van der Waals surface area contributed by atoms with Crippen molar-refractivity contribution in [1.82, 2.24) is 24.5 Å². The number of primary amides is 1. The van der Waals surface area contributed by atoms with E-state index in [2.05, 4.69) is 35.3 Å². The number of anilines is 1. The van der Waals surface area contributed by atoms with Gasteiger partial charge in [-0.25, -0.2) is 24.2 Å². The van der Waals surface area contributed by atoms with Crippen molar-refractivity contribution in [2.75, 3.05) is 18.9 Å². The largest absolute Gasteiger partial charge is 1.00 e. The van der Waals surface area contributed by atoms with Gasteiger partial charge in [0.05, 0.1) is 19.5 Å². The van der Waals surface area contributed by atoms with Crippen LogP contribution in [0.3, 0.4) is 0 Å². The number of imidazole rings is 1. The van der Waals surface area contributed by atoms with E-state index in [4.69, 9.17) is 34.9 Å². The number of hydrogen-bond donors (Lipinski definition) is 4. The molecule has 6 N–H and O–H groups in total. The zero-order chi connectivity index (χ0) is 34.8. The summed E-state index contributed by atoms with van der Waals surface area (Å²) in [6, 6.07) is 0.